The van der Waals surface area contributed by atoms with Crippen molar-refractivity contribution in [2.45, 2.75) is 39.3 Å². The van der Waals surface area contributed by atoms with Gasteiger partial charge in [-0.1, -0.05) is 0 Å². The fraction of sp³-hybridized carbons (Fsp3) is 0.647. The molecule has 2 rings (SSSR count). The Morgan fingerprint density at radius 1 is 1.19 bits per heavy atom. The molecule has 1 fully saturated rings. The highest BCUT2D eigenvalue weighted by molar-refractivity contribution is 9.10. The van der Waals surface area contributed by atoms with Crippen LogP contribution in [0.4, 0.5) is 10.7 Å². The molecule has 1 saturated heterocycles. The first-order chi connectivity index (χ1) is 12.6. The number of methoxy groups -OCH3 is 1. The summed E-state index contributed by atoms with van der Waals surface area (Å²) in [6.45, 7) is 9.22. The number of halogens is 1. The molecule has 1 aromatic heterocycles. The smallest absolute Gasteiger partial charge is 0.425 e. The minimum Gasteiger partial charge on any atom is -0.467 e. The molecule has 150 valence electrons. The predicted molar refractivity (Wildman–Crippen MR) is 103 cm³/mol. The average molecular weight is 444 g/mol. The summed E-state index contributed by atoms with van der Waals surface area (Å²) in [6.07, 6.45) is 2.82. The van der Waals surface area contributed by atoms with Crippen LogP contribution in [0, 0.1) is 0 Å². The van der Waals surface area contributed by atoms with Crippen LogP contribution in [0.15, 0.2) is 16.9 Å². The maximum absolute atomic E-state index is 12.7. The Morgan fingerprint density at radius 3 is 2.22 bits per heavy atom. The van der Waals surface area contributed by atoms with Crippen molar-refractivity contribution in [3.8, 4) is 0 Å². The molecule has 1 aliphatic rings. The number of anilines is 1. The van der Waals surface area contributed by atoms with Crippen molar-refractivity contribution in [3.05, 3.63) is 16.9 Å². The summed E-state index contributed by atoms with van der Waals surface area (Å²) in [7, 11) is 1.30. The van der Waals surface area contributed by atoms with Crippen molar-refractivity contribution in [1.82, 2.24) is 20.0 Å². The van der Waals surface area contributed by atoms with Crippen LogP contribution in [0.1, 0.15) is 27.7 Å². The Bertz CT molecular complexity index is 656. The first kappa shape index (κ1) is 21.4. The molecule has 0 spiro atoms. The molecule has 0 bridgehead atoms. The van der Waals surface area contributed by atoms with E-state index in [1.54, 1.807) is 40.1 Å². The van der Waals surface area contributed by atoms with Crippen molar-refractivity contribution in [2.24, 2.45) is 0 Å². The Hall–Kier alpha value is -1.94. The number of amides is 1. The van der Waals surface area contributed by atoms with E-state index in [2.05, 4.69) is 25.9 Å². The van der Waals surface area contributed by atoms with Gasteiger partial charge in [-0.2, -0.15) is 0 Å². The SMILES string of the molecule is COC(=O)[C@H](C)N(C(=O)OC(C)(C)C)N1CCN(c2ncc(Br)cn2)CC1. The second kappa shape index (κ2) is 8.83. The van der Waals surface area contributed by atoms with Crippen molar-refractivity contribution in [2.75, 3.05) is 38.2 Å². The molecule has 10 heteroatoms. The molecule has 0 aromatic carbocycles. The van der Waals surface area contributed by atoms with Gasteiger partial charge in [0.2, 0.25) is 5.95 Å². The van der Waals surface area contributed by atoms with Crippen LogP contribution in [-0.4, -0.2) is 77.0 Å². The number of hydrogen-bond donors (Lipinski definition) is 0. The van der Waals surface area contributed by atoms with Crippen LogP contribution in [0.5, 0.6) is 0 Å². The summed E-state index contributed by atoms with van der Waals surface area (Å²) in [5.41, 5.74) is -0.668. The normalized spacial score (nSPS) is 16.6. The van der Waals surface area contributed by atoms with E-state index in [4.69, 9.17) is 9.47 Å². The first-order valence-corrected chi connectivity index (χ1v) is 9.49. The quantitative estimate of drug-likeness (QED) is 0.653. The third-order valence-electron chi connectivity index (χ3n) is 3.94. The third-order valence-corrected chi connectivity index (χ3v) is 4.35. The molecule has 1 aromatic rings. The van der Waals surface area contributed by atoms with E-state index in [9.17, 15) is 9.59 Å². The lowest BCUT2D eigenvalue weighted by molar-refractivity contribution is -0.155. The topological polar surface area (TPSA) is 88.1 Å². The number of esters is 1. The van der Waals surface area contributed by atoms with Gasteiger partial charge in [-0.25, -0.2) is 29.6 Å². The largest absolute Gasteiger partial charge is 0.467 e. The van der Waals surface area contributed by atoms with Gasteiger partial charge in [0.15, 0.2) is 0 Å². The van der Waals surface area contributed by atoms with E-state index in [-0.39, 0.29) is 0 Å². The molecule has 0 unspecified atom stereocenters. The Kier molecular flexibility index (Phi) is 6.99. The maximum Gasteiger partial charge on any atom is 0.425 e. The van der Waals surface area contributed by atoms with E-state index in [0.717, 1.165) is 4.47 Å². The zero-order chi connectivity index (χ0) is 20.2. The second-order valence-corrected chi connectivity index (χ2v) is 8.08. The zero-order valence-corrected chi connectivity index (χ0v) is 17.9. The van der Waals surface area contributed by atoms with Crippen LogP contribution in [-0.2, 0) is 14.3 Å². The zero-order valence-electron chi connectivity index (χ0n) is 16.3. The lowest BCUT2D eigenvalue weighted by atomic mass is 10.2. The molecule has 0 aliphatic carbocycles. The third kappa shape index (κ3) is 5.77. The van der Waals surface area contributed by atoms with Crippen LogP contribution in [0.25, 0.3) is 0 Å². The molecule has 1 aliphatic heterocycles. The molecule has 1 amide bonds. The van der Waals surface area contributed by atoms with Crippen LogP contribution in [0.2, 0.25) is 0 Å². The number of hydrogen-bond acceptors (Lipinski definition) is 8. The number of rotatable bonds is 4. The van der Waals surface area contributed by atoms with Crippen LogP contribution < -0.4 is 4.90 Å². The maximum atomic E-state index is 12.7. The van der Waals surface area contributed by atoms with E-state index in [1.165, 1.54) is 12.1 Å². The average Bonchev–Trinajstić information content (AvgIpc) is 2.61. The van der Waals surface area contributed by atoms with E-state index < -0.39 is 23.7 Å². The van der Waals surface area contributed by atoms with E-state index in [1.807, 2.05) is 9.91 Å². The minimum absolute atomic E-state index is 0.500. The monoisotopic (exact) mass is 443 g/mol. The number of ether oxygens (including phenoxy) is 2. The molecule has 27 heavy (non-hydrogen) atoms. The van der Waals surface area contributed by atoms with Crippen molar-refractivity contribution in [1.29, 1.82) is 0 Å². The second-order valence-electron chi connectivity index (χ2n) is 7.17. The van der Waals surface area contributed by atoms with Crippen LogP contribution >= 0.6 is 15.9 Å². The van der Waals surface area contributed by atoms with Crippen molar-refractivity contribution >= 4 is 33.9 Å². The summed E-state index contributed by atoms with van der Waals surface area (Å²) in [5, 5.41) is 3.15. The molecule has 9 nitrogen and oxygen atoms in total. The first-order valence-electron chi connectivity index (χ1n) is 8.70. The lowest BCUT2D eigenvalue weighted by Gasteiger charge is -2.42. The number of hydrazine groups is 1. The van der Waals surface area contributed by atoms with E-state index >= 15 is 0 Å². The van der Waals surface area contributed by atoms with Crippen molar-refractivity contribution < 1.29 is 19.1 Å². The fourth-order valence-electron chi connectivity index (χ4n) is 2.68. The highest BCUT2D eigenvalue weighted by atomic mass is 79.9. The molecular formula is C17H26BrN5O4. The van der Waals surface area contributed by atoms with Gasteiger partial charge >= 0.3 is 12.1 Å². The number of nitrogens with zero attached hydrogens (tertiary/aromatic N) is 5. The highest BCUT2D eigenvalue weighted by Gasteiger charge is 2.36. The summed E-state index contributed by atoms with van der Waals surface area (Å²) >= 11 is 3.32. The lowest BCUT2D eigenvalue weighted by Crippen LogP contribution is -2.60. The molecule has 0 saturated carbocycles. The van der Waals surface area contributed by atoms with Gasteiger partial charge in [0.25, 0.3) is 0 Å². The van der Waals surface area contributed by atoms with Gasteiger partial charge in [0.1, 0.15) is 11.6 Å². The highest BCUT2D eigenvalue weighted by Crippen LogP contribution is 2.19. The Labute approximate surface area is 167 Å². The van der Waals surface area contributed by atoms with Gasteiger partial charge in [0, 0.05) is 38.6 Å². The van der Waals surface area contributed by atoms with Gasteiger partial charge in [0.05, 0.1) is 11.6 Å². The van der Waals surface area contributed by atoms with E-state index in [0.29, 0.717) is 32.1 Å². The molecule has 2 heterocycles. The Balaban J connectivity index is 2.11. The fourth-order valence-corrected chi connectivity index (χ4v) is 2.88. The molecule has 0 radical (unpaired) electrons. The number of piperazine rings is 1. The van der Waals surface area contributed by atoms with Gasteiger partial charge < -0.3 is 14.4 Å². The van der Waals surface area contributed by atoms with Crippen molar-refractivity contribution in [3.63, 3.8) is 0 Å². The summed E-state index contributed by atoms with van der Waals surface area (Å²) in [4.78, 5) is 35.4. The van der Waals surface area contributed by atoms with Crippen LogP contribution in [0.3, 0.4) is 0 Å². The summed E-state index contributed by atoms with van der Waals surface area (Å²) in [5.74, 6) is 0.127. The predicted octanol–water partition coefficient (Wildman–Crippen LogP) is 2.07. The summed E-state index contributed by atoms with van der Waals surface area (Å²) < 4.78 is 11.1. The Morgan fingerprint density at radius 2 is 1.74 bits per heavy atom. The molecular weight excluding hydrogens is 418 g/mol. The standard InChI is InChI=1S/C17H26BrN5O4/c1-12(14(24)26-5)23(16(25)27-17(2,3)4)22-8-6-21(7-9-22)15-19-10-13(18)11-20-15/h10-12H,6-9H2,1-5H3/t12-/m0/s1. The number of carbonyl (C=O) groups is 2. The number of carbonyl (C=O) groups excluding carboxylic acids is 2. The van der Waals surface area contributed by atoms with Gasteiger partial charge in [-0.3, -0.25) is 0 Å². The van der Waals surface area contributed by atoms with Gasteiger partial charge in [-0.15, -0.1) is 0 Å². The van der Waals surface area contributed by atoms with Gasteiger partial charge in [-0.05, 0) is 43.6 Å². The molecule has 1 atom stereocenters. The summed E-state index contributed by atoms with van der Waals surface area (Å²) in [6, 6.07) is -0.791. The minimum atomic E-state index is -0.791. The molecule has 0 N–H and O–H groups in total. The number of aromatic nitrogens is 2.